The molecule has 1 saturated carbocycles. The fourth-order valence-electron chi connectivity index (χ4n) is 3.74. The summed E-state index contributed by atoms with van der Waals surface area (Å²) in [7, 11) is -1.81. The first-order valence-electron chi connectivity index (χ1n) is 10.4. The van der Waals surface area contributed by atoms with Gasteiger partial charge in [0.05, 0.1) is 5.69 Å². The topological polar surface area (TPSA) is 57.2 Å². The summed E-state index contributed by atoms with van der Waals surface area (Å²) < 4.78 is 23.7. The van der Waals surface area contributed by atoms with Gasteiger partial charge in [0.25, 0.3) is 0 Å². The second kappa shape index (κ2) is 8.21. The van der Waals surface area contributed by atoms with Crippen LogP contribution in [0, 0.1) is 12.3 Å². The second-order valence-corrected chi connectivity index (χ2v) is 19.3. The predicted octanol–water partition coefficient (Wildman–Crippen LogP) is 6.22. The van der Waals surface area contributed by atoms with Crippen LogP contribution in [0.15, 0.2) is 16.7 Å². The van der Waals surface area contributed by atoms with Crippen LogP contribution in [0.1, 0.15) is 72.6 Å². The molecule has 29 heavy (non-hydrogen) atoms. The molecule has 0 bridgehead atoms. The van der Waals surface area contributed by atoms with Gasteiger partial charge < -0.3 is 8.98 Å². The van der Waals surface area contributed by atoms with Gasteiger partial charge >= 0.3 is 0 Å². The molecular formula is C22H39BrN2O2SSi. The predicted molar refractivity (Wildman–Crippen MR) is 130 cm³/mol. The maximum Gasteiger partial charge on any atom is 0.192 e. The van der Waals surface area contributed by atoms with E-state index in [0.29, 0.717) is 0 Å². The van der Waals surface area contributed by atoms with Gasteiger partial charge in [-0.3, -0.25) is 4.98 Å². The minimum atomic E-state index is -1.81. The number of rotatable bonds is 6. The third-order valence-corrected chi connectivity index (χ3v) is 13.0. The number of pyridine rings is 1. The average molecular weight is 504 g/mol. The Hall–Kier alpha value is 0.0769. The van der Waals surface area contributed by atoms with E-state index in [2.05, 4.69) is 74.4 Å². The monoisotopic (exact) mass is 502 g/mol. The third kappa shape index (κ3) is 5.66. The van der Waals surface area contributed by atoms with Gasteiger partial charge in [-0.2, -0.15) is 0 Å². The molecular weight excluding hydrogens is 464 g/mol. The zero-order valence-corrected chi connectivity index (χ0v) is 23.2. The molecule has 1 aromatic heterocycles. The molecule has 1 aliphatic carbocycles. The van der Waals surface area contributed by atoms with E-state index < -0.39 is 19.7 Å². The van der Waals surface area contributed by atoms with Crippen molar-refractivity contribution in [3.05, 3.63) is 28.0 Å². The highest BCUT2D eigenvalue weighted by Gasteiger charge is 2.58. The number of nitrogens with zero attached hydrogens (tertiary/aromatic N) is 1. The quantitative estimate of drug-likeness (QED) is 0.370. The molecule has 7 heteroatoms. The van der Waals surface area contributed by atoms with Crippen LogP contribution in [0.3, 0.4) is 0 Å². The highest BCUT2D eigenvalue weighted by atomic mass is 79.9. The SMILES string of the molecule is Cc1cc(Br)cnc1[C@]1(N[S@@+]([O-])C(C)(C)C)C[C@@](C)(CO[Si](C)(C)C(C)(C)C)C1. The fraction of sp³-hybridized carbons (Fsp3) is 0.773. The van der Waals surface area contributed by atoms with Gasteiger partial charge in [-0.05, 0) is 91.6 Å². The summed E-state index contributed by atoms with van der Waals surface area (Å²) in [6.45, 7) is 22.5. The van der Waals surface area contributed by atoms with Crippen LogP contribution in [0.4, 0.5) is 0 Å². The molecule has 1 heterocycles. The van der Waals surface area contributed by atoms with Crippen molar-refractivity contribution in [2.45, 2.75) is 96.6 Å². The number of halogens is 1. The summed E-state index contributed by atoms with van der Waals surface area (Å²) in [5.41, 5.74) is 1.79. The summed E-state index contributed by atoms with van der Waals surface area (Å²) in [6.07, 6.45) is 3.57. The number of aryl methyl sites for hydroxylation is 1. The largest absolute Gasteiger partial charge is 0.598 e. The first-order chi connectivity index (χ1) is 12.9. The van der Waals surface area contributed by atoms with Crippen molar-refractivity contribution in [1.82, 2.24) is 9.71 Å². The van der Waals surface area contributed by atoms with Crippen molar-refractivity contribution >= 4 is 35.6 Å². The molecule has 2 rings (SSSR count). The zero-order valence-electron chi connectivity index (χ0n) is 19.8. The lowest BCUT2D eigenvalue weighted by Gasteiger charge is -2.55. The number of hydrogen-bond donors (Lipinski definition) is 1. The molecule has 4 nitrogen and oxygen atoms in total. The second-order valence-electron chi connectivity index (χ2n) is 11.6. The summed E-state index contributed by atoms with van der Waals surface area (Å²) >= 11 is 2.34. The first kappa shape index (κ1) is 25.3. The van der Waals surface area contributed by atoms with Gasteiger partial charge in [0.1, 0.15) is 10.3 Å². The Kier molecular flexibility index (Phi) is 7.17. The summed E-state index contributed by atoms with van der Waals surface area (Å²) in [6, 6.07) is 2.09. The molecule has 1 aliphatic rings. The lowest BCUT2D eigenvalue weighted by atomic mass is 9.57. The lowest BCUT2D eigenvalue weighted by Crippen LogP contribution is -2.63. The van der Waals surface area contributed by atoms with E-state index in [9.17, 15) is 4.55 Å². The Balaban J connectivity index is 2.26. The standard InChI is InChI=1S/C22H39BrN2O2SSi/c1-16-11-17(23)12-24-18(16)22(25-28(26)19(2,3)4)13-21(8,14-22)15-27-29(9,10)20(5,6)7/h11-12,25H,13-15H2,1-10H3/t21-,22+,28-/m0/s1. The van der Waals surface area contributed by atoms with Crippen LogP contribution < -0.4 is 4.72 Å². The third-order valence-electron chi connectivity index (χ3n) is 6.39. The van der Waals surface area contributed by atoms with E-state index in [0.717, 1.165) is 35.2 Å². The molecule has 1 aromatic rings. The van der Waals surface area contributed by atoms with Crippen molar-refractivity contribution in [3.63, 3.8) is 0 Å². The smallest absolute Gasteiger partial charge is 0.192 e. The van der Waals surface area contributed by atoms with Crippen molar-refractivity contribution in [2.24, 2.45) is 5.41 Å². The maximum absolute atomic E-state index is 13.0. The van der Waals surface area contributed by atoms with Crippen molar-refractivity contribution in [1.29, 1.82) is 0 Å². The Morgan fingerprint density at radius 3 is 2.24 bits per heavy atom. The van der Waals surface area contributed by atoms with E-state index in [-0.39, 0.29) is 20.7 Å². The van der Waals surface area contributed by atoms with Gasteiger partial charge in [0.15, 0.2) is 8.32 Å². The summed E-state index contributed by atoms with van der Waals surface area (Å²) in [4.78, 5) is 4.74. The number of hydrogen-bond acceptors (Lipinski definition) is 4. The van der Waals surface area contributed by atoms with Gasteiger partial charge in [-0.25, -0.2) is 0 Å². The molecule has 0 radical (unpaired) electrons. The Labute approximate surface area is 190 Å². The normalized spacial score (nSPS) is 26.9. The molecule has 166 valence electrons. The van der Waals surface area contributed by atoms with Crippen LogP contribution in [-0.4, -0.2) is 29.2 Å². The summed E-state index contributed by atoms with van der Waals surface area (Å²) in [5.74, 6) is 0. The maximum atomic E-state index is 13.0. The van der Waals surface area contributed by atoms with E-state index in [4.69, 9.17) is 9.41 Å². The Bertz CT molecular complexity index is 737. The Morgan fingerprint density at radius 1 is 1.24 bits per heavy atom. The van der Waals surface area contributed by atoms with Crippen molar-refractivity contribution < 1.29 is 8.98 Å². The molecule has 0 aliphatic heterocycles. The number of aromatic nitrogens is 1. The van der Waals surface area contributed by atoms with Gasteiger partial charge in [0, 0.05) is 28.6 Å². The van der Waals surface area contributed by atoms with Crippen LogP contribution >= 0.6 is 15.9 Å². The van der Waals surface area contributed by atoms with E-state index >= 15 is 0 Å². The summed E-state index contributed by atoms with van der Waals surface area (Å²) in [5, 5.41) is 0.194. The zero-order chi connectivity index (χ0) is 22.5. The minimum absolute atomic E-state index is 0.0474. The van der Waals surface area contributed by atoms with Crippen LogP contribution in [-0.2, 0) is 21.3 Å². The van der Waals surface area contributed by atoms with Crippen LogP contribution in [0.2, 0.25) is 18.1 Å². The molecule has 0 spiro atoms. The molecule has 0 amide bonds. The number of nitrogens with one attached hydrogen (secondary N) is 1. The van der Waals surface area contributed by atoms with Crippen LogP contribution in [0.5, 0.6) is 0 Å². The molecule has 1 N–H and O–H groups in total. The highest BCUT2D eigenvalue weighted by molar-refractivity contribution is 9.10. The van der Waals surface area contributed by atoms with Gasteiger partial charge in [-0.1, -0.05) is 27.7 Å². The molecule has 0 saturated heterocycles. The van der Waals surface area contributed by atoms with Gasteiger partial charge in [0.2, 0.25) is 0 Å². The van der Waals surface area contributed by atoms with E-state index in [1.165, 1.54) is 0 Å². The minimum Gasteiger partial charge on any atom is -0.598 e. The molecule has 1 fully saturated rings. The van der Waals surface area contributed by atoms with Crippen molar-refractivity contribution in [2.75, 3.05) is 6.61 Å². The Morgan fingerprint density at radius 2 is 1.79 bits per heavy atom. The van der Waals surface area contributed by atoms with Crippen molar-refractivity contribution in [3.8, 4) is 0 Å². The van der Waals surface area contributed by atoms with E-state index in [1.54, 1.807) is 0 Å². The lowest BCUT2D eigenvalue weighted by molar-refractivity contribution is -0.0179. The molecule has 1 atom stereocenters. The average Bonchev–Trinajstić information content (AvgIpc) is 2.49. The van der Waals surface area contributed by atoms with Gasteiger partial charge in [-0.15, -0.1) is 4.72 Å². The van der Waals surface area contributed by atoms with Crippen LogP contribution in [0.25, 0.3) is 0 Å². The van der Waals surface area contributed by atoms with E-state index in [1.807, 2.05) is 27.0 Å². The highest BCUT2D eigenvalue weighted by Crippen LogP contribution is 2.55. The molecule has 0 aromatic carbocycles. The first-order valence-corrected chi connectivity index (χ1v) is 15.2. The fourth-order valence-corrected chi connectivity index (χ4v) is 6.23. The molecule has 0 unspecified atom stereocenters.